The first-order chi connectivity index (χ1) is 11.3. The van der Waals surface area contributed by atoms with Crippen LogP contribution in [0.5, 0.6) is 0 Å². The van der Waals surface area contributed by atoms with Crippen molar-refractivity contribution < 1.29 is 23.1 Å². The van der Waals surface area contributed by atoms with Crippen molar-refractivity contribution in [3.8, 4) is 0 Å². The molecule has 0 atom stereocenters. The predicted molar refractivity (Wildman–Crippen MR) is 87.2 cm³/mol. The molecule has 0 bridgehead atoms. The lowest BCUT2D eigenvalue weighted by atomic mass is 10.1. The van der Waals surface area contributed by atoms with Crippen LogP contribution in [-0.2, 0) is 11.0 Å². The Morgan fingerprint density at radius 2 is 1.96 bits per heavy atom. The normalized spacial score (nSPS) is 14.5. The maximum atomic E-state index is 13.1. The monoisotopic (exact) mass is 340 g/mol. The maximum absolute atomic E-state index is 13.1. The van der Waals surface area contributed by atoms with E-state index in [4.69, 9.17) is 5.11 Å². The summed E-state index contributed by atoms with van der Waals surface area (Å²) in [5.41, 5.74) is 0.493. The molecule has 0 spiro atoms. The Labute approximate surface area is 138 Å². The summed E-state index contributed by atoms with van der Waals surface area (Å²) in [6.07, 6.45) is -0.0588. The van der Waals surface area contributed by atoms with Gasteiger partial charge in [0.1, 0.15) is 0 Å². The van der Waals surface area contributed by atoms with Gasteiger partial charge in [-0.3, -0.25) is 0 Å². The van der Waals surface area contributed by atoms with Crippen molar-refractivity contribution in [2.75, 3.05) is 29.4 Å². The first kappa shape index (κ1) is 17.9. The van der Waals surface area contributed by atoms with Gasteiger partial charge in [-0.05, 0) is 38.1 Å². The number of hydrogen-bond acceptors (Lipinski definition) is 3. The molecule has 0 fully saturated rings. The number of aliphatic carboxylic acids is 1. The average Bonchev–Trinajstić information content (AvgIpc) is 2.55. The van der Waals surface area contributed by atoms with Gasteiger partial charge in [-0.25, -0.2) is 4.79 Å². The van der Waals surface area contributed by atoms with E-state index in [1.165, 1.54) is 24.4 Å². The maximum Gasteiger partial charge on any atom is 0.416 e. The van der Waals surface area contributed by atoms with E-state index in [9.17, 15) is 18.0 Å². The lowest BCUT2D eigenvalue weighted by Crippen LogP contribution is -2.27. The molecule has 0 radical (unpaired) electrons. The van der Waals surface area contributed by atoms with Crippen LogP contribution >= 0.6 is 0 Å². The van der Waals surface area contributed by atoms with E-state index in [1.807, 2.05) is 18.7 Å². The first-order valence-electron chi connectivity index (χ1n) is 7.62. The smallest absolute Gasteiger partial charge is 0.416 e. The molecule has 0 unspecified atom stereocenters. The zero-order valence-corrected chi connectivity index (χ0v) is 13.5. The summed E-state index contributed by atoms with van der Waals surface area (Å²) in [4.78, 5) is 14.5. The van der Waals surface area contributed by atoms with Gasteiger partial charge in [0.15, 0.2) is 0 Å². The molecule has 1 aromatic rings. The fourth-order valence-corrected chi connectivity index (χ4v) is 2.59. The van der Waals surface area contributed by atoms with Gasteiger partial charge in [-0.2, -0.15) is 13.2 Å². The van der Waals surface area contributed by atoms with E-state index >= 15 is 0 Å². The molecule has 1 heterocycles. The second kappa shape index (κ2) is 6.98. The summed E-state index contributed by atoms with van der Waals surface area (Å²) in [5.74, 6) is -1.06. The summed E-state index contributed by atoms with van der Waals surface area (Å²) in [6.45, 7) is 5.37. The molecule has 0 amide bonds. The predicted octanol–water partition coefficient (Wildman–Crippen LogP) is 3.90. The fraction of sp³-hybridized carbons (Fsp3) is 0.353. The third-order valence-electron chi connectivity index (χ3n) is 3.91. The van der Waals surface area contributed by atoms with Gasteiger partial charge in [-0.15, -0.1) is 0 Å². The van der Waals surface area contributed by atoms with E-state index in [0.29, 0.717) is 24.5 Å². The molecule has 4 nitrogen and oxygen atoms in total. The summed E-state index contributed by atoms with van der Waals surface area (Å²) in [6, 6.07) is 3.65. The summed E-state index contributed by atoms with van der Waals surface area (Å²) in [7, 11) is 0. The third-order valence-corrected chi connectivity index (χ3v) is 3.91. The number of halogens is 3. The van der Waals surface area contributed by atoms with Gasteiger partial charge >= 0.3 is 12.1 Å². The highest BCUT2D eigenvalue weighted by Crippen LogP contribution is 2.37. The molecule has 1 aliphatic heterocycles. The molecular weight excluding hydrogens is 321 g/mol. The van der Waals surface area contributed by atoms with Crippen LogP contribution < -0.4 is 9.80 Å². The van der Waals surface area contributed by atoms with Crippen LogP contribution in [0.25, 0.3) is 0 Å². The molecule has 24 heavy (non-hydrogen) atoms. The molecule has 2 rings (SSSR count). The minimum Gasteiger partial charge on any atom is -0.478 e. The molecule has 0 aromatic heterocycles. The molecule has 7 heteroatoms. The number of nitrogens with zero attached hydrogens (tertiary/aromatic N) is 2. The highest BCUT2D eigenvalue weighted by molar-refractivity contribution is 5.90. The van der Waals surface area contributed by atoms with E-state index in [0.717, 1.165) is 12.1 Å². The lowest BCUT2D eigenvalue weighted by molar-refractivity contribution is -0.137. The van der Waals surface area contributed by atoms with E-state index in [2.05, 4.69) is 0 Å². The Morgan fingerprint density at radius 3 is 2.42 bits per heavy atom. The van der Waals surface area contributed by atoms with Crippen LogP contribution in [0.2, 0.25) is 0 Å². The quantitative estimate of drug-likeness (QED) is 0.883. The Morgan fingerprint density at radius 1 is 1.29 bits per heavy atom. The van der Waals surface area contributed by atoms with Gasteiger partial charge in [0.2, 0.25) is 0 Å². The topological polar surface area (TPSA) is 43.8 Å². The van der Waals surface area contributed by atoms with Crippen molar-refractivity contribution in [2.24, 2.45) is 0 Å². The molecule has 0 saturated carbocycles. The zero-order valence-electron chi connectivity index (χ0n) is 13.5. The minimum absolute atomic E-state index is 0.127. The van der Waals surface area contributed by atoms with E-state index < -0.39 is 17.7 Å². The van der Waals surface area contributed by atoms with Crippen LogP contribution in [0.15, 0.2) is 42.1 Å². The van der Waals surface area contributed by atoms with Crippen molar-refractivity contribution in [3.05, 3.63) is 47.7 Å². The highest BCUT2D eigenvalue weighted by atomic mass is 19.4. The van der Waals surface area contributed by atoms with Gasteiger partial charge in [0, 0.05) is 25.8 Å². The number of carbonyl (C=O) groups is 1. The molecule has 1 aliphatic rings. The summed E-state index contributed by atoms with van der Waals surface area (Å²) >= 11 is 0. The number of alkyl halides is 3. The second-order valence-corrected chi connectivity index (χ2v) is 5.31. The van der Waals surface area contributed by atoms with Crippen molar-refractivity contribution in [1.29, 1.82) is 0 Å². The van der Waals surface area contributed by atoms with Gasteiger partial charge in [0.05, 0.1) is 22.5 Å². The van der Waals surface area contributed by atoms with Crippen molar-refractivity contribution >= 4 is 17.3 Å². The van der Waals surface area contributed by atoms with Crippen LogP contribution in [0.1, 0.15) is 19.4 Å². The van der Waals surface area contributed by atoms with Crippen molar-refractivity contribution in [3.63, 3.8) is 0 Å². The Kier molecular flexibility index (Phi) is 5.21. The number of carboxylic acid groups (broad SMARTS) is 1. The van der Waals surface area contributed by atoms with Crippen LogP contribution in [0.3, 0.4) is 0 Å². The van der Waals surface area contributed by atoms with Crippen LogP contribution in [0.4, 0.5) is 24.5 Å². The SMILES string of the molecule is CCN(CC)c1ccc(C(F)(F)F)cc1N1C=CC(C(=O)O)=CC1. The van der Waals surface area contributed by atoms with E-state index in [-0.39, 0.29) is 12.1 Å². The van der Waals surface area contributed by atoms with Crippen molar-refractivity contribution in [2.45, 2.75) is 20.0 Å². The number of hydrogen-bond donors (Lipinski definition) is 1. The minimum atomic E-state index is -4.43. The number of rotatable bonds is 5. The van der Waals surface area contributed by atoms with Crippen LogP contribution in [-0.4, -0.2) is 30.7 Å². The van der Waals surface area contributed by atoms with Crippen LogP contribution in [0, 0.1) is 0 Å². The Bertz CT molecular complexity index is 677. The molecule has 130 valence electrons. The lowest BCUT2D eigenvalue weighted by Gasteiger charge is -2.30. The standard InChI is InChI=1S/C17H19F3N2O2/c1-3-21(4-2)14-6-5-13(17(18,19)20)11-15(14)22-9-7-12(8-10-22)16(23)24/h5-9,11H,3-4,10H2,1-2H3,(H,23,24). The molecule has 0 aliphatic carbocycles. The molecular formula is C17H19F3N2O2. The molecule has 1 N–H and O–H groups in total. The molecule has 1 aromatic carbocycles. The zero-order chi connectivity index (χ0) is 17.9. The second-order valence-electron chi connectivity index (χ2n) is 5.31. The van der Waals surface area contributed by atoms with Gasteiger partial charge < -0.3 is 14.9 Å². The fourth-order valence-electron chi connectivity index (χ4n) is 2.59. The average molecular weight is 340 g/mol. The first-order valence-corrected chi connectivity index (χ1v) is 7.62. The number of benzene rings is 1. The number of anilines is 2. The van der Waals surface area contributed by atoms with Gasteiger partial charge in [0.25, 0.3) is 0 Å². The van der Waals surface area contributed by atoms with E-state index in [1.54, 1.807) is 4.90 Å². The largest absolute Gasteiger partial charge is 0.478 e. The molecule has 0 saturated heterocycles. The Hall–Kier alpha value is -2.44. The summed E-state index contributed by atoms with van der Waals surface area (Å²) < 4.78 is 39.2. The Balaban J connectivity index is 2.46. The van der Waals surface area contributed by atoms with Gasteiger partial charge in [-0.1, -0.05) is 6.08 Å². The van der Waals surface area contributed by atoms with Crippen molar-refractivity contribution in [1.82, 2.24) is 0 Å². The summed E-state index contributed by atoms with van der Waals surface area (Å²) in [5, 5.41) is 8.97. The third kappa shape index (κ3) is 3.72. The number of carboxylic acids is 1. The highest BCUT2D eigenvalue weighted by Gasteiger charge is 2.32.